The van der Waals surface area contributed by atoms with E-state index in [9.17, 15) is 9.90 Å². The largest absolute Gasteiger partial charge is 0.507 e. The van der Waals surface area contributed by atoms with Crippen molar-refractivity contribution >= 4 is 5.97 Å². The van der Waals surface area contributed by atoms with Gasteiger partial charge in [0.05, 0.1) is 25.3 Å². The molecule has 0 saturated carbocycles. The second-order valence-corrected chi connectivity index (χ2v) is 4.07. The van der Waals surface area contributed by atoms with Crippen molar-refractivity contribution in [1.29, 1.82) is 0 Å². The third-order valence-electron chi connectivity index (χ3n) is 2.94. The van der Waals surface area contributed by atoms with Crippen LogP contribution in [0.5, 0.6) is 17.2 Å². The van der Waals surface area contributed by atoms with Crippen LogP contribution in [0, 0.1) is 0 Å². The fourth-order valence-corrected chi connectivity index (χ4v) is 1.99. The number of carboxylic acids is 1. The number of rotatable bonds is 4. The van der Waals surface area contributed by atoms with Gasteiger partial charge in [0.15, 0.2) is 0 Å². The van der Waals surface area contributed by atoms with Gasteiger partial charge in [-0.25, -0.2) is 4.79 Å². The monoisotopic (exact) mass is 274 g/mol. The normalized spacial score (nSPS) is 10.1. The van der Waals surface area contributed by atoms with Crippen LogP contribution in [-0.4, -0.2) is 30.4 Å². The van der Waals surface area contributed by atoms with Gasteiger partial charge in [0, 0.05) is 5.56 Å². The highest BCUT2D eigenvalue weighted by Gasteiger charge is 2.17. The summed E-state index contributed by atoms with van der Waals surface area (Å²) in [4.78, 5) is 10.9. The van der Waals surface area contributed by atoms with Crippen LogP contribution in [0.25, 0.3) is 11.1 Å². The van der Waals surface area contributed by atoms with Gasteiger partial charge in [-0.2, -0.15) is 0 Å². The van der Waals surface area contributed by atoms with Gasteiger partial charge < -0.3 is 19.7 Å². The van der Waals surface area contributed by atoms with Gasteiger partial charge in [-0.15, -0.1) is 0 Å². The van der Waals surface area contributed by atoms with Crippen LogP contribution in [0.2, 0.25) is 0 Å². The second kappa shape index (κ2) is 5.52. The van der Waals surface area contributed by atoms with Crippen molar-refractivity contribution in [2.24, 2.45) is 0 Å². The Hall–Kier alpha value is -2.69. The van der Waals surface area contributed by atoms with E-state index in [0.29, 0.717) is 22.6 Å². The van der Waals surface area contributed by atoms with Crippen LogP contribution in [-0.2, 0) is 0 Å². The van der Waals surface area contributed by atoms with E-state index in [1.165, 1.54) is 32.4 Å². The number of hydrogen-bond donors (Lipinski definition) is 2. The van der Waals surface area contributed by atoms with Gasteiger partial charge >= 0.3 is 5.97 Å². The predicted octanol–water partition coefficient (Wildman–Crippen LogP) is 2.77. The van der Waals surface area contributed by atoms with Gasteiger partial charge in [-0.1, -0.05) is 6.07 Å². The van der Waals surface area contributed by atoms with Crippen molar-refractivity contribution in [3.8, 4) is 28.4 Å². The lowest BCUT2D eigenvalue weighted by atomic mass is 10.0. The van der Waals surface area contributed by atoms with Crippen LogP contribution in [0.4, 0.5) is 0 Å². The molecule has 0 aliphatic rings. The van der Waals surface area contributed by atoms with Crippen LogP contribution in [0.15, 0.2) is 36.4 Å². The highest BCUT2D eigenvalue weighted by Crippen LogP contribution is 2.42. The summed E-state index contributed by atoms with van der Waals surface area (Å²) >= 11 is 0. The van der Waals surface area contributed by atoms with Gasteiger partial charge in [0.1, 0.15) is 17.2 Å². The Labute approximate surface area is 116 Å². The number of methoxy groups -OCH3 is 2. The smallest absolute Gasteiger partial charge is 0.335 e. The zero-order valence-electron chi connectivity index (χ0n) is 11.1. The molecule has 0 amide bonds. The molecule has 0 heterocycles. The average molecular weight is 274 g/mol. The minimum absolute atomic E-state index is 0.0140. The summed E-state index contributed by atoms with van der Waals surface area (Å²) in [6.07, 6.45) is 0. The zero-order chi connectivity index (χ0) is 14.7. The van der Waals surface area contributed by atoms with Crippen LogP contribution in [0.1, 0.15) is 10.4 Å². The maximum Gasteiger partial charge on any atom is 0.335 e. The van der Waals surface area contributed by atoms with Gasteiger partial charge in [0.25, 0.3) is 0 Å². The van der Waals surface area contributed by atoms with Crippen LogP contribution in [0.3, 0.4) is 0 Å². The van der Waals surface area contributed by atoms with Crippen LogP contribution < -0.4 is 9.47 Å². The molecule has 5 nitrogen and oxygen atoms in total. The molecule has 0 aliphatic carbocycles. The third-order valence-corrected chi connectivity index (χ3v) is 2.94. The van der Waals surface area contributed by atoms with Crippen molar-refractivity contribution in [2.75, 3.05) is 14.2 Å². The highest BCUT2D eigenvalue weighted by molar-refractivity contribution is 5.90. The number of aromatic hydroxyl groups is 1. The molecule has 0 aromatic heterocycles. The number of carboxylic acid groups (broad SMARTS) is 1. The maximum atomic E-state index is 10.9. The number of hydrogen-bond acceptors (Lipinski definition) is 4. The molecule has 0 radical (unpaired) electrons. The maximum absolute atomic E-state index is 10.9. The number of phenols is 1. The first-order valence-corrected chi connectivity index (χ1v) is 5.86. The van der Waals surface area contributed by atoms with E-state index in [4.69, 9.17) is 14.6 Å². The predicted molar refractivity (Wildman–Crippen MR) is 73.6 cm³/mol. The third kappa shape index (κ3) is 2.38. The lowest BCUT2D eigenvalue weighted by molar-refractivity contribution is 0.0696. The summed E-state index contributed by atoms with van der Waals surface area (Å²) in [5, 5.41) is 19.0. The Morgan fingerprint density at radius 2 is 1.65 bits per heavy atom. The summed E-state index contributed by atoms with van der Waals surface area (Å²) < 4.78 is 10.5. The Kier molecular flexibility index (Phi) is 3.79. The Balaban J connectivity index is 2.65. The van der Waals surface area contributed by atoms with E-state index in [1.807, 2.05) is 0 Å². The SMILES string of the molecule is COc1cccc(OC)c1-c1ccc(C(=O)O)cc1O. The molecule has 2 aromatic carbocycles. The molecule has 0 unspecified atom stereocenters. The number of benzene rings is 2. The molecule has 2 N–H and O–H groups in total. The molecule has 2 aromatic rings. The molecule has 0 fully saturated rings. The molecule has 0 aliphatic heterocycles. The first-order valence-electron chi connectivity index (χ1n) is 5.86. The summed E-state index contributed by atoms with van der Waals surface area (Å²) in [5.74, 6) is -0.183. The van der Waals surface area contributed by atoms with E-state index in [0.717, 1.165) is 0 Å². The summed E-state index contributed by atoms with van der Waals surface area (Å²) in [7, 11) is 3.03. The van der Waals surface area contributed by atoms with Crippen molar-refractivity contribution in [1.82, 2.24) is 0 Å². The molecule has 20 heavy (non-hydrogen) atoms. The zero-order valence-corrected chi connectivity index (χ0v) is 11.1. The molecule has 0 bridgehead atoms. The minimum atomic E-state index is -1.10. The molecule has 0 spiro atoms. The fraction of sp³-hybridized carbons (Fsp3) is 0.133. The molecular formula is C15H14O5. The Bertz CT molecular complexity index is 626. The lowest BCUT2D eigenvalue weighted by Gasteiger charge is -2.14. The van der Waals surface area contributed by atoms with Gasteiger partial charge in [-0.3, -0.25) is 0 Å². The van der Waals surface area contributed by atoms with Crippen molar-refractivity contribution in [3.63, 3.8) is 0 Å². The molecule has 0 saturated heterocycles. The second-order valence-electron chi connectivity index (χ2n) is 4.07. The highest BCUT2D eigenvalue weighted by atomic mass is 16.5. The van der Waals surface area contributed by atoms with E-state index < -0.39 is 5.97 Å². The molecule has 2 rings (SSSR count). The minimum Gasteiger partial charge on any atom is -0.507 e. The quantitative estimate of drug-likeness (QED) is 0.896. The first-order chi connectivity index (χ1) is 9.58. The van der Waals surface area contributed by atoms with Crippen molar-refractivity contribution in [3.05, 3.63) is 42.0 Å². The van der Waals surface area contributed by atoms with Crippen molar-refractivity contribution < 1.29 is 24.5 Å². The van der Waals surface area contributed by atoms with Gasteiger partial charge in [0.2, 0.25) is 0 Å². The Morgan fingerprint density at radius 1 is 1.05 bits per heavy atom. The van der Waals surface area contributed by atoms with Crippen LogP contribution >= 0.6 is 0 Å². The molecule has 5 heteroatoms. The topological polar surface area (TPSA) is 76.0 Å². The number of carbonyl (C=O) groups is 1. The van der Waals surface area contributed by atoms with Gasteiger partial charge in [-0.05, 0) is 30.3 Å². The van der Waals surface area contributed by atoms with E-state index in [-0.39, 0.29) is 11.3 Å². The summed E-state index contributed by atoms with van der Waals surface area (Å²) in [6, 6.07) is 9.39. The van der Waals surface area contributed by atoms with E-state index >= 15 is 0 Å². The lowest BCUT2D eigenvalue weighted by Crippen LogP contribution is -1.97. The standard InChI is InChI=1S/C15H14O5/c1-19-12-4-3-5-13(20-2)14(12)10-7-6-9(15(17)18)8-11(10)16/h3-8,16H,1-2H3,(H,17,18). The Morgan fingerprint density at radius 3 is 2.10 bits per heavy atom. The molecule has 0 atom stereocenters. The first kappa shape index (κ1) is 13.7. The number of aromatic carboxylic acids is 1. The van der Waals surface area contributed by atoms with Crippen molar-refractivity contribution in [2.45, 2.75) is 0 Å². The number of phenolic OH excluding ortho intramolecular Hbond substituents is 1. The van der Waals surface area contributed by atoms with E-state index in [1.54, 1.807) is 18.2 Å². The molecule has 104 valence electrons. The summed E-state index contributed by atoms with van der Waals surface area (Å²) in [6.45, 7) is 0. The van der Waals surface area contributed by atoms with E-state index in [2.05, 4.69) is 0 Å². The molecular weight excluding hydrogens is 260 g/mol. The average Bonchev–Trinajstić information content (AvgIpc) is 2.46. The number of ether oxygens (including phenoxy) is 2. The summed E-state index contributed by atoms with van der Waals surface area (Å²) in [5.41, 5.74) is 1.04. The fourth-order valence-electron chi connectivity index (χ4n) is 1.99.